The average Bonchev–Trinajstić information content (AvgIpc) is 2.67. The van der Waals surface area contributed by atoms with E-state index in [1.807, 2.05) is 44.2 Å². The standard InChI is InChI=1S/C21H22N2O3/c1-3-13-26-18-11-10-16(14-19(18)25-4-2)21(24)23-17-9-5-7-15-8-6-12-22-20(15)17/h5-12,14H,3-4,13H2,1-2H3,(H,23,24). The van der Waals surface area contributed by atoms with Gasteiger partial charge in [0, 0.05) is 17.1 Å². The molecule has 5 nitrogen and oxygen atoms in total. The lowest BCUT2D eigenvalue weighted by atomic mass is 10.1. The van der Waals surface area contributed by atoms with Crippen LogP contribution in [0.4, 0.5) is 5.69 Å². The van der Waals surface area contributed by atoms with E-state index >= 15 is 0 Å². The third-order valence-electron chi connectivity index (χ3n) is 3.85. The third kappa shape index (κ3) is 3.94. The van der Waals surface area contributed by atoms with Crippen LogP contribution in [0.2, 0.25) is 0 Å². The molecule has 26 heavy (non-hydrogen) atoms. The summed E-state index contributed by atoms with van der Waals surface area (Å²) in [5.41, 5.74) is 1.94. The Morgan fingerprint density at radius 3 is 2.69 bits per heavy atom. The van der Waals surface area contributed by atoms with Crippen LogP contribution in [-0.2, 0) is 0 Å². The predicted octanol–water partition coefficient (Wildman–Crippen LogP) is 4.67. The van der Waals surface area contributed by atoms with E-state index in [4.69, 9.17) is 9.47 Å². The Balaban J connectivity index is 1.86. The highest BCUT2D eigenvalue weighted by Gasteiger charge is 2.13. The van der Waals surface area contributed by atoms with Crippen LogP contribution in [0, 0.1) is 0 Å². The highest BCUT2D eigenvalue weighted by atomic mass is 16.5. The second-order valence-corrected chi connectivity index (χ2v) is 5.78. The van der Waals surface area contributed by atoms with Crippen molar-refractivity contribution in [2.45, 2.75) is 20.3 Å². The molecule has 0 aliphatic heterocycles. The topological polar surface area (TPSA) is 60.5 Å². The maximum Gasteiger partial charge on any atom is 0.255 e. The van der Waals surface area contributed by atoms with E-state index < -0.39 is 0 Å². The maximum absolute atomic E-state index is 12.7. The van der Waals surface area contributed by atoms with Gasteiger partial charge < -0.3 is 14.8 Å². The summed E-state index contributed by atoms with van der Waals surface area (Å²) in [6, 6.07) is 14.8. The molecule has 0 radical (unpaired) electrons. The van der Waals surface area contributed by atoms with Gasteiger partial charge in [-0.3, -0.25) is 9.78 Å². The number of carbonyl (C=O) groups excluding carboxylic acids is 1. The third-order valence-corrected chi connectivity index (χ3v) is 3.85. The molecule has 1 heterocycles. The zero-order valence-electron chi connectivity index (χ0n) is 15.0. The number of nitrogens with zero attached hydrogens (tertiary/aromatic N) is 1. The van der Waals surface area contributed by atoms with E-state index in [1.165, 1.54) is 0 Å². The first kappa shape index (κ1) is 17.7. The summed E-state index contributed by atoms with van der Waals surface area (Å²) in [6.45, 7) is 5.05. The molecule has 0 spiro atoms. The molecule has 134 valence electrons. The number of nitrogens with one attached hydrogen (secondary N) is 1. The molecule has 3 aromatic rings. The summed E-state index contributed by atoms with van der Waals surface area (Å²) in [5, 5.41) is 3.91. The molecule has 0 unspecified atom stereocenters. The number of hydrogen-bond donors (Lipinski definition) is 1. The lowest BCUT2D eigenvalue weighted by Gasteiger charge is -2.13. The van der Waals surface area contributed by atoms with Gasteiger partial charge in [0.2, 0.25) is 0 Å². The van der Waals surface area contributed by atoms with Gasteiger partial charge in [-0.1, -0.05) is 25.1 Å². The van der Waals surface area contributed by atoms with Gasteiger partial charge in [0.15, 0.2) is 11.5 Å². The van der Waals surface area contributed by atoms with Gasteiger partial charge in [-0.15, -0.1) is 0 Å². The summed E-state index contributed by atoms with van der Waals surface area (Å²) in [7, 11) is 0. The number of aromatic nitrogens is 1. The minimum absolute atomic E-state index is 0.217. The Morgan fingerprint density at radius 1 is 1.04 bits per heavy atom. The van der Waals surface area contributed by atoms with Crippen LogP contribution in [0.1, 0.15) is 30.6 Å². The van der Waals surface area contributed by atoms with Crippen molar-refractivity contribution in [1.29, 1.82) is 0 Å². The minimum atomic E-state index is -0.217. The largest absolute Gasteiger partial charge is 0.490 e. The first-order chi connectivity index (χ1) is 12.7. The molecular formula is C21H22N2O3. The van der Waals surface area contributed by atoms with Gasteiger partial charge in [-0.25, -0.2) is 0 Å². The van der Waals surface area contributed by atoms with Crippen molar-refractivity contribution < 1.29 is 14.3 Å². The quantitative estimate of drug-likeness (QED) is 0.672. The number of fused-ring (bicyclic) bond motifs is 1. The fourth-order valence-electron chi connectivity index (χ4n) is 2.65. The van der Waals surface area contributed by atoms with Crippen molar-refractivity contribution in [1.82, 2.24) is 4.98 Å². The normalized spacial score (nSPS) is 10.5. The Labute approximate surface area is 153 Å². The van der Waals surface area contributed by atoms with Crippen molar-refractivity contribution in [2.75, 3.05) is 18.5 Å². The Kier molecular flexibility index (Phi) is 5.69. The van der Waals surface area contributed by atoms with Crippen molar-refractivity contribution >= 4 is 22.5 Å². The van der Waals surface area contributed by atoms with Crippen LogP contribution in [0.3, 0.4) is 0 Å². The zero-order valence-corrected chi connectivity index (χ0v) is 15.0. The maximum atomic E-state index is 12.7. The minimum Gasteiger partial charge on any atom is -0.490 e. The van der Waals surface area contributed by atoms with Crippen molar-refractivity contribution in [3.05, 3.63) is 60.3 Å². The molecule has 2 aromatic carbocycles. The van der Waals surface area contributed by atoms with E-state index in [-0.39, 0.29) is 5.91 Å². The smallest absolute Gasteiger partial charge is 0.255 e. The molecular weight excluding hydrogens is 328 g/mol. The number of carbonyl (C=O) groups is 1. The predicted molar refractivity (Wildman–Crippen MR) is 103 cm³/mol. The molecule has 5 heteroatoms. The van der Waals surface area contributed by atoms with Gasteiger partial charge in [-0.2, -0.15) is 0 Å². The van der Waals surface area contributed by atoms with Crippen LogP contribution in [0.5, 0.6) is 11.5 Å². The molecule has 1 N–H and O–H groups in total. The van der Waals surface area contributed by atoms with Crippen molar-refractivity contribution in [3.8, 4) is 11.5 Å². The van der Waals surface area contributed by atoms with E-state index in [1.54, 1.807) is 24.4 Å². The number of ether oxygens (including phenoxy) is 2. The molecule has 0 saturated heterocycles. The molecule has 0 bridgehead atoms. The van der Waals surface area contributed by atoms with Crippen molar-refractivity contribution in [2.24, 2.45) is 0 Å². The van der Waals surface area contributed by atoms with Crippen LogP contribution in [-0.4, -0.2) is 24.1 Å². The summed E-state index contributed by atoms with van der Waals surface area (Å²) < 4.78 is 11.3. The summed E-state index contributed by atoms with van der Waals surface area (Å²) >= 11 is 0. The van der Waals surface area contributed by atoms with Gasteiger partial charge in [-0.05, 0) is 43.7 Å². The van der Waals surface area contributed by atoms with Gasteiger partial charge in [0.1, 0.15) is 0 Å². The molecule has 1 amide bonds. The Bertz CT molecular complexity index is 903. The first-order valence-electron chi connectivity index (χ1n) is 8.77. The molecule has 3 rings (SSSR count). The van der Waals surface area contributed by atoms with Gasteiger partial charge in [0.25, 0.3) is 5.91 Å². The molecule has 0 fully saturated rings. The average molecular weight is 350 g/mol. The second kappa shape index (κ2) is 8.34. The van der Waals surface area contributed by atoms with Gasteiger partial charge >= 0.3 is 0 Å². The lowest BCUT2D eigenvalue weighted by Crippen LogP contribution is -2.13. The monoisotopic (exact) mass is 350 g/mol. The van der Waals surface area contributed by atoms with Crippen molar-refractivity contribution in [3.63, 3.8) is 0 Å². The molecule has 0 aliphatic carbocycles. The number of hydrogen-bond acceptors (Lipinski definition) is 4. The van der Waals surface area contributed by atoms with E-state index in [9.17, 15) is 4.79 Å². The molecule has 1 aromatic heterocycles. The number of anilines is 1. The molecule has 0 saturated carbocycles. The number of rotatable bonds is 7. The lowest BCUT2D eigenvalue weighted by molar-refractivity contribution is 0.102. The fraction of sp³-hybridized carbons (Fsp3) is 0.238. The number of para-hydroxylation sites is 1. The zero-order chi connectivity index (χ0) is 18.4. The summed E-state index contributed by atoms with van der Waals surface area (Å²) in [4.78, 5) is 17.1. The number of pyridine rings is 1. The van der Waals surface area contributed by atoms with Crippen LogP contribution < -0.4 is 14.8 Å². The highest BCUT2D eigenvalue weighted by Crippen LogP contribution is 2.29. The Hall–Kier alpha value is -3.08. The van der Waals surface area contributed by atoms with Crippen LogP contribution >= 0.6 is 0 Å². The number of benzene rings is 2. The highest BCUT2D eigenvalue weighted by molar-refractivity contribution is 6.08. The summed E-state index contributed by atoms with van der Waals surface area (Å²) in [5.74, 6) is 1.01. The molecule has 0 aliphatic rings. The summed E-state index contributed by atoms with van der Waals surface area (Å²) in [6.07, 6.45) is 2.62. The van der Waals surface area contributed by atoms with E-state index in [2.05, 4.69) is 10.3 Å². The fourth-order valence-corrected chi connectivity index (χ4v) is 2.65. The van der Waals surface area contributed by atoms with Crippen LogP contribution in [0.15, 0.2) is 54.7 Å². The van der Waals surface area contributed by atoms with Crippen LogP contribution in [0.25, 0.3) is 10.9 Å². The molecule has 0 atom stereocenters. The van der Waals surface area contributed by atoms with E-state index in [0.29, 0.717) is 36.0 Å². The second-order valence-electron chi connectivity index (χ2n) is 5.78. The Morgan fingerprint density at radius 2 is 1.88 bits per heavy atom. The van der Waals surface area contributed by atoms with Gasteiger partial charge in [0.05, 0.1) is 24.4 Å². The van der Waals surface area contributed by atoms with E-state index in [0.717, 1.165) is 17.3 Å². The SMILES string of the molecule is CCCOc1ccc(C(=O)Nc2cccc3cccnc23)cc1OCC. The number of amides is 1. The first-order valence-corrected chi connectivity index (χ1v) is 8.77.